The number of hydrogen-bond donors (Lipinski definition) is 0. The van der Waals surface area contributed by atoms with Gasteiger partial charge in [-0.05, 0) is 17.7 Å². The maximum absolute atomic E-state index is 12.6. The van der Waals surface area contributed by atoms with Gasteiger partial charge in [0.1, 0.15) is 0 Å². The molecule has 8 heteroatoms. The van der Waals surface area contributed by atoms with Crippen LogP contribution in [0.3, 0.4) is 0 Å². The van der Waals surface area contributed by atoms with Gasteiger partial charge in [-0.25, -0.2) is 0 Å². The molecule has 2 heterocycles. The van der Waals surface area contributed by atoms with Crippen molar-refractivity contribution >= 4 is 5.91 Å². The first-order valence-electron chi connectivity index (χ1n) is 8.83. The van der Waals surface area contributed by atoms with Gasteiger partial charge in [-0.3, -0.25) is 19.7 Å². The number of rotatable bonds is 5. The van der Waals surface area contributed by atoms with E-state index in [4.69, 9.17) is 0 Å². The molecule has 1 saturated heterocycles. The standard InChI is InChI=1S/C19H21F3N4O/c20-19(21,22)16-3-1-15(2-4-16)13-18(27)26-11-9-25(10-12-26)8-5-17-14-23-6-7-24-17/h1-4,6-7,14H,5,8-13H2. The Labute approximate surface area is 155 Å². The van der Waals surface area contributed by atoms with E-state index in [9.17, 15) is 18.0 Å². The van der Waals surface area contributed by atoms with Gasteiger partial charge in [-0.1, -0.05) is 12.1 Å². The Morgan fingerprint density at radius 2 is 1.74 bits per heavy atom. The summed E-state index contributed by atoms with van der Waals surface area (Å²) in [5.74, 6) is -0.0525. The van der Waals surface area contributed by atoms with Gasteiger partial charge in [0.2, 0.25) is 5.91 Å². The number of carbonyl (C=O) groups is 1. The Hall–Kier alpha value is -2.48. The highest BCUT2D eigenvalue weighted by Gasteiger charge is 2.30. The summed E-state index contributed by atoms with van der Waals surface area (Å²) >= 11 is 0. The fourth-order valence-corrected chi connectivity index (χ4v) is 3.05. The van der Waals surface area contributed by atoms with Crippen molar-refractivity contribution in [2.75, 3.05) is 32.7 Å². The molecule has 1 aliphatic rings. The summed E-state index contributed by atoms with van der Waals surface area (Å²) in [5, 5.41) is 0. The minimum Gasteiger partial charge on any atom is -0.340 e. The van der Waals surface area contributed by atoms with Crippen LogP contribution in [-0.2, 0) is 23.8 Å². The van der Waals surface area contributed by atoms with E-state index in [1.54, 1.807) is 23.5 Å². The summed E-state index contributed by atoms with van der Waals surface area (Å²) in [6.45, 7) is 3.66. The van der Waals surface area contributed by atoms with Gasteiger partial charge in [0, 0.05) is 57.7 Å². The third-order valence-electron chi connectivity index (χ3n) is 4.66. The lowest BCUT2D eigenvalue weighted by Crippen LogP contribution is -2.49. The average molecular weight is 378 g/mol. The first-order chi connectivity index (χ1) is 12.9. The molecule has 1 aromatic heterocycles. The molecule has 1 aromatic carbocycles. The zero-order valence-corrected chi connectivity index (χ0v) is 14.8. The van der Waals surface area contributed by atoms with E-state index in [-0.39, 0.29) is 12.3 Å². The second-order valence-electron chi connectivity index (χ2n) is 6.54. The lowest BCUT2D eigenvalue weighted by molar-refractivity contribution is -0.137. The fraction of sp³-hybridized carbons (Fsp3) is 0.421. The molecule has 1 fully saturated rings. The van der Waals surface area contributed by atoms with Crippen LogP contribution in [0.15, 0.2) is 42.9 Å². The van der Waals surface area contributed by atoms with Gasteiger partial charge < -0.3 is 4.90 Å². The van der Waals surface area contributed by atoms with E-state index >= 15 is 0 Å². The number of hydrogen-bond acceptors (Lipinski definition) is 4. The van der Waals surface area contributed by atoms with Crippen LogP contribution in [0.25, 0.3) is 0 Å². The monoisotopic (exact) mass is 378 g/mol. The topological polar surface area (TPSA) is 49.3 Å². The third kappa shape index (κ3) is 5.50. The first-order valence-corrected chi connectivity index (χ1v) is 8.83. The predicted octanol–water partition coefficient (Wildman–Crippen LogP) is 2.42. The highest BCUT2D eigenvalue weighted by molar-refractivity contribution is 5.78. The van der Waals surface area contributed by atoms with E-state index in [2.05, 4.69) is 14.9 Å². The van der Waals surface area contributed by atoms with Gasteiger partial charge in [0.05, 0.1) is 17.7 Å². The average Bonchev–Trinajstić information content (AvgIpc) is 2.67. The zero-order chi connectivity index (χ0) is 19.3. The largest absolute Gasteiger partial charge is 0.416 e. The highest BCUT2D eigenvalue weighted by Crippen LogP contribution is 2.29. The Morgan fingerprint density at radius 1 is 1.04 bits per heavy atom. The van der Waals surface area contributed by atoms with Crippen LogP contribution in [0.5, 0.6) is 0 Å². The second-order valence-corrected chi connectivity index (χ2v) is 6.54. The molecule has 0 saturated carbocycles. The Kier molecular flexibility index (Phi) is 6.05. The van der Waals surface area contributed by atoms with Gasteiger partial charge in [0.15, 0.2) is 0 Å². The van der Waals surface area contributed by atoms with Crippen molar-refractivity contribution < 1.29 is 18.0 Å². The number of piperazine rings is 1. The number of carbonyl (C=O) groups excluding carboxylic acids is 1. The molecule has 1 aliphatic heterocycles. The van der Waals surface area contributed by atoms with Crippen molar-refractivity contribution in [3.05, 3.63) is 59.7 Å². The van der Waals surface area contributed by atoms with E-state index in [1.165, 1.54) is 12.1 Å². The van der Waals surface area contributed by atoms with Crippen LogP contribution in [-0.4, -0.2) is 58.4 Å². The van der Waals surface area contributed by atoms with Gasteiger partial charge >= 0.3 is 6.18 Å². The molecule has 2 aromatic rings. The Bertz CT molecular complexity index is 742. The van der Waals surface area contributed by atoms with Crippen molar-refractivity contribution in [2.45, 2.75) is 19.0 Å². The highest BCUT2D eigenvalue weighted by atomic mass is 19.4. The predicted molar refractivity (Wildman–Crippen MR) is 93.9 cm³/mol. The van der Waals surface area contributed by atoms with E-state index < -0.39 is 11.7 Å². The molecule has 144 valence electrons. The molecule has 0 aliphatic carbocycles. The third-order valence-corrected chi connectivity index (χ3v) is 4.66. The van der Waals surface area contributed by atoms with Crippen LogP contribution >= 0.6 is 0 Å². The molecular weight excluding hydrogens is 357 g/mol. The molecule has 0 spiro atoms. The summed E-state index contributed by atoms with van der Waals surface area (Å²) in [4.78, 5) is 24.7. The molecule has 3 rings (SSSR count). The smallest absolute Gasteiger partial charge is 0.340 e. The number of benzene rings is 1. The van der Waals surface area contributed by atoms with E-state index in [1.807, 2.05) is 0 Å². The van der Waals surface area contributed by atoms with Gasteiger partial charge in [-0.2, -0.15) is 13.2 Å². The van der Waals surface area contributed by atoms with Crippen molar-refractivity contribution in [3.8, 4) is 0 Å². The normalized spacial score (nSPS) is 15.7. The molecule has 0 bridgehead atoms. The number of nitrogens with zero attached hydrogens (tertiary/aromatic N) is 4. The molecule has 0 N–H and O–H groups in total. The van der Waals surface area contributed by atoms with E-state index in [0.29, 0.717) is 18.7 Å². The molecule has 27 heavy (non-hydrogen) atoms. The quantitative estimate of drug-likeness (QED) is 0.802. The minimum atomic E-state index is -4.36. The summed E-state index contributed by atoms with van der Waals surface area (Å²) in [6.07, 6.45) is 1.65. The Morgan fingerprint density at radius 3 is 2.33 bits per heavy atom. The fourth-order valence-electron chi connectivity index (χ4n) is 3.05. The Balaban J connectivity index is 1.44. The maximum Gasteiger partial charge on any atom is 0.416 e. The van der Waals surface area contributed by atoms with Crippen molar-refractivity contribution in [1.82, 2.24) is 19.8 Å². The molecule has 1 amide bonds. The SMILES string of the molecule is O=C(Cc1ccc(C(F)(F)F)cc1)N1CCN(CCc2cnccn2)CC1. The number of halogens is 3. The number of alkyl halides is 3. The van der Waals surface area contributed by atoms with Crippen molar-refractivity contribution in [2.24, 2.45) is 0 Å². The maximum atomic E-state index is 12.6. The van der Waals surface area contributed by atoms with Gasteiger partial charge in [0.25, 0.3) is 0 Å². The van der Waals surface area contributed by atoms with Crippen LogP contribution in [0, 0.1) is 0 Å². The lowest BCUT2D eigenvalue weighted by Gasteiger charge is -2.34. The van der Waals surface area contributed by atoms with Gasteiger partial charge in [-0.15, -0.1) is 0 Å². The number of amides is 1. The molecular formula is C19H21F3N4O. The molecule has 5 nitrogen and oxygen atoms in total. The van der Waals surface area contributed by atoms with Crippen LogP contribution in [0.2, 0.25) is 0 Å². The minimum absolute atomic E-state index is 0.0525. The van der Waals surface area contributed by atoms with Crippen molar-refractivity contribution in [3.63, 3.8) is 0 Å². The second kappa shape index (κ2) is 8.47. The summed E-state index contributed by atoms with van der Waals surface area (Å²) < 4.78 is 37.8. The molecule has 0 atom stereocenters. The molecule has 0 radical (unpaired) electrons. The van der Waals surface area contributed by atoms with Crippen LogP contribution in [0.4, 0.5) is 13.2 Å². The molecule has 0 unspecified atom stereocenters. The van der Waals surface area contributed by atoms with Crippen molar-refractivity contribution in [1.29, 1.82) is 0 Å². The van der Waals surface area contributed by atoms with E-state index in [0.717, 1.165) is 43.9 Å². The summed E-state index contributed by atoms with van der Waals surface area (Å²) in [6, 6.07) is 4.79. The number of aromatic nitrogens is 2. The van der Waals surface area contributed by atoms with Crippen LogP contribution < -0.4 is 0 Å². The van der Waals surface area contributed by atoms with Crippen LogP contribution in [0.1, 0.15) is 16.8 Å². The zero-order valence-electron chi connectivity index (χ0n) is 14.8. The first kappa shape index (κ1) is 19.3. The summed E-state index contributed by atoms with van der Waals surface area (Å²) in [7, 11) is 0. The lowest BCUT2D eigenvalue weighted by atomic mass is 10.1. The summed E-state index contributed by atoms with van der Waals surface area (Å²) in [5.41, 5.74) is 0.840.